The Morgan fingerprint density at radius 2 is 0.833 bits per heavy atom. The predicted octanol–water partition coefficient (Wildman–Crippen LogP) is 13.1. The summed E-state index contributed by atoms with van der Waals surface area (Å²) in [5.74, 6) is 1.74. The van der Waals surface area contributed by atoms with E-state index in [1.807, 2.05) is 6.07 Å². The first-order valence-corrected chi connectivity index (χ1v) is 16.4. The molecule has 0 saturated heterocycles. The molecule has 0 N–H and O–H groups in total. The summed E-state index contributed by atoms with van der Waals surface area (Å²) >= 11 is 0. The van der Waals surface area contributed by atoms with Gasteiger partial charge in [-0.25, -0.2) is 0 Å². The Bertz CT molecular complexity index is 2300. The van der Waals surface area contributed by atoms with Crippen LogP contribution < -0.4 is 9.64 Å². The molecule has 0 spiro atoms. The van der Waals surface area contributed by atoms with Gasteiger partial charge in [-0.05, 0) is 75.7 Å². The molecule has 0 aromatic heterocycles. The monoisotopic (exact) mass is 613 g/mol. The molecule has 2 heteroatoms. The maximum absolute atomic E-state index is 6.55. The van der Waals surface area contributed by atoms with Gasteiger partial charge in [0.05, 0.1) is 5.69 Å². The van der Waals surface area contributed by atoms with Crippen LogP contribution in [-0.2, 0) is 0 Å². The molecule has 2 nitrogen and oxygen atoms in total. The molecule has 0 unspecified atom stereocenters. The number of fused-ring (bicyclic) bond motifs is 2. The van der Waals surface area contributed by atoms with Crippen LogP contribution in [0.1, 0.15) is 0 Å². The molecule has 0 aliphatic carbocycles. The number of rotatable bonds is 6. The lowest BCUT2D eigenvalue weighted by molar-refractivity contribution is 0.487. The van der Waals surface area contributed by atoms with E-state index in [4.69, 9.17) is 4.74 Å². The molecule has 0 amide bonds. The van der Waals surface area contributed by atoms with Crippen LogP contribution in [0.5, 0.6) is 11.5 Å². The van der Waals surface area contributed by atoms with Crippen molar-refractivity contribution in [3.63, 3.8) is 0 Å². The van der Waals surface area contributed by atoms with Gasteiger partial charge < -0.3 is 9.64 Å². The van der Waals surface area contributed by atoms with Crippen molar-refractivity contribution < 1.29 is 4.74 Å². The molecule has 0 fully saturated rings. The smallest absolute Gasteiger partial charge is 0.135 e. The topological polar surface area (TPSA) is 12.5 Å². The zero-order valence-corrected chi connectivity index (χ0v) is 26.3. The molecule has 226 valence electrons. The van der Waals surface area contributed by atoms with Crippen molar-refractivity contribution in [3.8, 4) is 56.0 Å². The summed E-state index contributed by atoms with van der Waals surface area (Å²) in [7, 11) is 0. The minimum absolute atomic E-state index is 0.864. The maximum atomic E-state index is 6.55. The van der Waals surface area contributed by atoms with E-state index in [-0.39, 0.29) is 0 Å². The molecule has 0 atom stereocenters. The molecule has 1 aliphatic rings. The largest absolute Gasteiger partial charge is 0.456 e. The van der Waals surface area contributed by atoms with Gasteiger partial charge in [0.2, 0.25) is 0 Å². The number of hydrogen-bond acceptors (Lipinski definition) is 2. The lowest BCUT2D eigenvalue weighted by Crippen LogP contribution is -2.14. The van der Waals surface area contributed by atoms with Crippen molar-refractivity contribution >= 4 is 27.8 Å². The van der Waals surface area contributed by atoms with Gasteiger partial charge >= 0.3 is 0 Å². The minimum Gasteiger partial charge on any atom is -0.456 e. The third-order valence-corrected chi connectivity index (χ3v) is 9.25. The molecule has 1 aliphatic heterocycles. The fourth-order valence-electron chi connectivity index (χ4n) is 6.99. The van der Waals surface area contributed by atoms with Crippen LogP contribution in [0.25, 0.3) is 55.3 Å². The van der Waals surface area contributed by atoms with Gasteiger partial charge in [-0.1, -0.05) is 146 Å². The number of nitrogens with zero attached hydrogens (tertiary/aromatic N) is 1. The summed E-state index contributed by atoms with van der Waals surface area (Å²) in [5, 5.41) is 2.27. The van der Waals surface area contributed by atoms with Crippen LogP contribution in [0.15, 0.2) is 188 Å². The second-order valence-electron chi connectivity index (χ2n) is 12.1. The summed E-state index contributed by atoms with van der Waals surface area (Å²) in [5.41, 5.74) is 12.6. The average Bonchev–Trinajstić information content (AvgIpc) is 3.17. The van der Waals surface area contributed by atoms with Gasteiger partial charge in [-0.2, -0.15) is 0 Å². The van der Waals surface area contributed by atoms with Gasteiger partial charge in [-0.3, -0.25) is 0 Å². The van der Waals surface area contributed by atoms with Crippen molar-refractivity contribution in [1.82, 2.24) is 0 Å². The summed E-state index contributed by atoms with van der Waals surface area (Å²) in [4.78, 5) is 2.43. The fourth-order valence-corrected chi connectivity index (χ4v) is 6.99. The van der Waals surface area contributed by atoms with E-state index >= 15 is 0 Å². The van der Waals surface area contributed by atoms with E-state index in [9.17, 15) is 0 Å². The Hall–Kier alpha value is -6.38. The lowest BCUT2D eigenvalue weighted by Gasteiger charge is -2.33. The third kappa shape index (κ3) is 4.83. The van der Waals surface area contributed by atoms with Crippen LogP contribution in [0.4, 0.5) is 17.1 Å². The molecule has 8 aromatic rings. The number of benzene rings is 8. The Labute approximate surface area is 280 Å². The second kappa shape index (κ2) is 11.8. The highest BCUT2D eigenvalue weighted by Crippen LogP contribution is 2.56. The Morgan fingerprint density at radius 3 is 1.42 bits per heavy atom. The molecule has 9 rings (SSSR count). The van der Waals surface area contributed by atoms with Gasteiger partial charge in [0.1, 0.15) is 11.5 Å². The van der Waals surface area contributed by atoms with E-state index in [0.717, 1.165) is 56.0 Å². The average molecular weight is 614 g/mol. The van der Waals surface area contributed by atoms with Crippen LogP contribution >= 0.6 is 0 Å². The number of hydrogen-bond donors (Lipinski definition) is 0. The van der Waals surface area contributed by atoms with Crippen molar-refractivity contribution in [2.45, 2.75) is 0 Å². The standard InChI is InChI=1S/C46H31NO/c1-4-13-32(14-5-1)34-23-27-38(28-24-34)47(39-29-25-35(26-30-39)33-15-6-2-7-16-33)46-41(36-17-8-3-9-18-36)31-37-19-12-22-43-44(37)45(46)40-20-10-11-21-42(40)48-43/h1-31H. The van der Waals surface area contributed by atoms with Crippen LogP contribution in [0.3, 0.4) is 0 Å². The van der Waals surface area contributed by atoms with Gasteiger partial charge in [0, 0.05) is 33.5 Å². The molecular weight excluding hydrogens is 583 g/mol. The summed E-state index contributed by atoms with van der Waals surface area (Å²) < 4.78 is 6.55. The molecular formula is C46H31NO. The van der Waals surface area contributed by atoms with Crippen molar-refractivity contribution in [2.75, 3.05) is 4.90 Å². The van der Waals surface area contributed by atoms with E-state index in [2.05, 4.69) is 187 Å². The first kappa shape index (κ1) is 27.9. The molecule has 1 heterocycles. The minimum atomic E-state index is 0.864. The first-order chi connectivity index (χ1) is 23.8. The molecule has 0 saturated carbocycles. The zero-order valence-electron chi connectivity index (χ0n) is 26.3. The van der Waals surface area contributed by atoms with Gasteiger partial charge in [0.25, 0.3) is 0 Å². The highest BCUT2D eigenvalue weighted by Gasteiger charge is 2.29. The van der Waals surface area contributed by atoms with Crippen molar-refractivity contribution in [3.05, 3.63) is 188 Å². The van der Waals surface area contributed by atoms with Gasteiger partial charge in [0.15, 0.2) is 0 Å². The number of ether oxygens (including phenoxy) is 1. The zero-order chi connectivity index (χ0) is 31.9. The molecule has 0 radical (unpaired) electrons. The molecule has 8 aromatic carbocycles. The van der Waals surface area contributed by atoms with E-state index in [1.165, 1.54) is 27.8 Å². The summed E-state index contributed by atoms with van der Waals surface area (Å²) in [6.07, 6.45) is 0. The van der Waals surface area contributed by atoms with Gasteiger partial charge in [-0.15, -0.1) is 0 Å². The Morgan fingerprint density at radius 1 is 0.354 bits per heavy atom. The first-order valence-electron chi connectivity index (χ1n) is 16.4. The summed E-state index contributed by atoms with van der Waals surface area (Å²) in [6, 6.07) is 66.9. The normalized spacial score (nSPS) is 11.5. The van der Waals surface area contributed by atoms with Crippen LogP contribution in [0, 0.1) is 0 Å². The van der Waals surface area contributed by atoms with Crippen molar-refractivity contribution in [1.29, 1.82) is 0 Å². The van der Waals surface area contributed by atoms with Crippen LogP contribution in [0.2, 0.25) is 0 Å². The van der Waals surface area contributed by atoms with E-state index < -0.39 is 0 Å². The highest BCUT2D eigenvalue weighted by atomic mass is 16.5. The Balaban J connectivity index is 1.35. The number of anilines is 3. The fraction of sp³-hybridized carbons (Fsp3) is 0. The quantitative estimate of drug-likeness (QED) is 0.185. The molecule has 0 bridgehead atoms. The highest BCUT2D eigenvalue weighted by molar-refractivity contribution is 6.15. The second-order valence-corrected chi connectivity index (χ2v) is 12.1. The lowest BCUT2D eigenvalue weighted by atomic mass is 9.87. The van der Waals surface area contributed by atoms with Crippen LogP contribution in [-0.4, -0.2) is 0 Å². The van der Waals surface area contributed by atoms with E-state index in [0.29, 0.717) is 0 Å². The summed E-state index contributed by atoms with van der Waals surface area (Å²) in [6.45, 7) is 0. The van der Waals surface area contributed by atoms with Crippen molar-refractivity contribution in [2.24, 2.45) is 0 Å². The Kier molecular flexibility index (Phi) is 6.84. The number of para-hydroxylation sites is 1. The third-order valence-electron chi connectivity index (χ3n) is 9.25. The molecule has 48 heavy (non-hydrogen) atoms. The van der Waals surface area contributed by atoms with E-state index in [1.54, 1.807) is 0 Å². The SMILES string of the molecule is c1ccc(-c2ccc(N(c3ccc(-c4ccccc4)cc3)c3c(-c4ccccc4)cc4cccc5c4c3-c3ccccc3O5)cc2)cc1. The predicted molar refractivity (Wildman–Crippen MR) is 200 cm³/mol. The maximum Gasteiger partial charge on any atom is 0.135 e.